The van der Waals surface area contributed by atoms with Crippen LogP contribution in [0.2, 0.25) is 0 Å². The number of aryl methyl sites for hydroxylation is 4. The van der Waals surface area contributed by atoms with E-state index in [1.54, 1.807) is 0 Å². The van der Waals surface area contributed by atoms with E-state index in [4.69, 9.17) is 4.52 Å². The van der Waals surface area contributed by atoms with Crippen LogP contribution in [0.4, 0.5) is 0 Å². The zero-order valence-corrected chi connectivity index (χ0v) is 15.7. The SMILES string of the molecule is Cc1nc(C)n([C@H]2CCCN(C(=O)[C@H](C)Cc3c(C)noc3C)C2)n1. The van der Waals surface area contributed by atoms with Gasteiger partial charge in [-0.15, -0.1) is 0 Å². The van der Waals surface area contributed by atoms with Crippen LogP contribution in [-0.2, 0) is 11.2 Å². The second-order valence-corrected chi connectivity index (χ2v) is 7.14. The molecule has 0 spiro atoms. The van der Waals surface area contributed by atoms with Gasteiger partial charge in [-0.25, -0.2) is 9.67 Å². The first kappa shape index (κ1) is 17.6. The minimum atomic E-state index is -0.0888. The van der Waals surface area contributed by atoms with Crippen molar-refractivity contribution in [3.63, 3.8) is 0 Å². The summed E-state index contributed by atoms with van der Waals surface area (Å²) in [7, 11) is 0. The van der Waals surface area contributed by atoms with E-state index in [9.17, 15) is 4.79 Å². The fourth-order valence-electron chi connectivity index (χ4n) is 3.73. The molecule has 0 aromatic carbocycles. The smallest absolute Gasteiger partial charge is 0.225 e. The number of carbonyl (C=O) groups is 1. The Balaban J connectivity index is 1.68. The summed E-state index contributed by atoms with van der Waals surface area (Å²) in [5.74, 6) is 2.61. The number of nitrogens with zero attached hydrogens (tertiary/aromatic N) is 5. The molecule has 1 saturated heterocycles. The molecule has 2 atom stereocenters. The highest BCUT2D eigenvalue weighted by Gasteiger charge is 2.29. The number of amides is 1. The molecule has 7 nitrogen and oxygen atoms in total. The van der Waals surface area contributed by atoms with Crippen LogP contribution in [0, 0.1) is 33.6 Å². The standard InChI is InChI=1S/C18H27N5O2/c1-11(9-17-12(2)21-25-13(17)3)18(24)22-8-6-7-16(10-22)23-15(5)19-14(4)20-23/h11,16H,6-10H2,1-5H3/t11-,16+/m1/s1. The van der Waals surface area contributed by atoms with Crippen LogP contribution in [0.1, 0.15) is 54.5 Å². The molecule has 0 saturated carbocycles. The van der Waals surface area contributed by atoms with Crippen molar-refractivity contribution in [1.29, 1.82) is 0 Å². The van der Waals surface area contributed by atoms with Gasteiger partial charge in [0.1, 0.15) is 17.4 Å². The third-order valence-electron chi connectivity index (χ3n) is 5.07. The van der Waals surface area contributed by atoms with Gasteiger partial charge in [0.05, 0.1) is 11.7 Å². The number of likely N-dealkylation sites (tertiary alicyclic amines) is 1. The average Bonchev–Trinajstić information content (AvgIpc) is 3.09. The van der Waals surface area contributed by atoms with Crippen molar-refractivity contribution in [2.75, 3.05) is 13.1 Å². The normalized spacial score (nSPS) is 19.2. The third-order valence-corrected chi connectivity index (χ3v) is 5.07. The Bertz CT molecular complexity index is 744. The highest BCUT2D eigenvalue weighted by Crippen LogP contribution is 2.25. The topological polar surface area (TPSA) is 77.0 Å². The molecule has 7 heteroatoms. The molecular weight excluding hydrogens is 318 g/mol. The Hall–Kier alpha value is -2.18. The number of aromatic nitrogens is 4. The molecule has 0 unspecified atom stereocenters. The second kappa shape index (κ2) is 6.98. The Morgan fingerprint density at radius 1 is 1.32 bits per heavy atom. The predicted octanol–water partition coefficient (Wildman–Crippen LogP) is 2.54. The highest BCUT2D eigenvalue weighted by atomic mass is 16.5. The van der Waals surface area contributed by atoms with Crippen molar-refractivity contribution in [2.24, 2.45) is 5.92 Å². The molecule has 1 aliphatic rings. The molecule has 0 N–H and O–H groups in total. The zero-order valence-electron chi connectivity index (χ0n) is 15.7. The highest BCUT2D eigenvalue weighted by molar-refractivity contribution is 5.79. The molecule has 1 aliphatic heterocycles. The van der Waals surface area contributed by atoms with Crippen LogP contribution in [0.5, 0.6) is 0 Å². The van der Waals surface area contributed by atoms with Crippen LogP contribution >= 0.6 is 0 Å². The number of piperidine rings is 1. The lowest BCUT2D eigenvalue weighted by molar-refractivity contribution is -0.136. The van der Waals surface area contributed by atoms with Gasteiger partial charge >= 0.3 is 0 Å². The fraction of sp³-hybridized carbons (Fsp3) is 0.667. The Morgan fingerprint density at radius 3 is 2.68 bits per heavy atom. The quantitative estimate of drug-likeness (QED) is 0.851. The molecule has 1 fully saturated rings. The molecule has 0 radical (unpaired) electrons. The zero-order chi connectivity index (χ0) is 18.1. The predicted molar refractivity (Wildman–Crippen MR) is 93.2 cm³/mol. The molecule has 3 heterocycles. The van der Waals surface area contributed by atoms with Crippen molar-refractivity contribution in [1.82, 2.24) is 24.8 Å². The monoisotopic (exact) mass is 345 g/mol. The first-order valence-corrected chi connectivity index (χ1v) is 8.97. The van der Waals surface area contributed by atoms with E-state index in [2.05, 4.69) is 15.2 Å². The average molecular weight is 345 g/mol. The Labute approximate surface area is 148 Å². The summed E-state index contributed by atoms with van der Waals surface area (Å²) in [6, 6.07) is 0.213. The summed E-state index contributed by atoms with van der Waals surface area (Å²) in [5, 5.41) is 8.49. The Morgan fingerprint density at radius 2 is 2.08 bits per heavy atom. The van der Waals surface area contributed by atoms with Crippen LogP contribution in [-0.4, -0.2) is 43.8 Å². The first-order valence-electron chi connectivity index (χ1n) is 8.97. The van der Waals surface area contributed by atoms with E-state index in [0.29, 0.717) is 13.0 Å². The molecule has 2 aromatic rings. The van der Waals surface area contributed by atoms with Crippen LogP contribution < -0.4 is 0 Å². The van der Waals surface area contributed by atoms with Gasteiger partial charge in [0, 0.05) is 24.6 Å². The van der Waals surface area contributed by atoms with Crippen LogP contribution in [0.3, 0.4) is 0 Å². The number of carbonyl (C=O) groups excluding carboxylic acids is 1. The summed E-state index contributed by atoms with van der Waals surface area (Å²) < 4.78 is 7.20. The third kappa shape index (κ3) is 3.60. The maximum atomic E-state index is 12.9. The van der Waals surface area contributed by atoms with E-state index in [1.165, 1.54) is 0 Å². The van der Waals surface area contributed by atoms with E-state index in [1.807, 2.05) is 44.2 Å². The van der Waals surface area contributed by atoms with Crippen LogP contribution in [0.25, 0.3) is 0 Å². The minimum absolute atomic E-state index is 0.0888. The van der Waals surface area contributed by atoms with Gasteiger partial charge in [0.15, 0.2) is 0 Å². The van der Waals surface area contributed by atoms with Crippen molar-refractivity contribution < 1.29 is 9.32 Å². The number of hydrogen-bond donors (Lipinski definition) is 0. The van der Waals surface area contributed by atoms with E-state index in [0.717, 1.165) is 48.1 Å². The molecule has 3 rings (SSSR count). The fourth-order valence-corrected chi connectivity index (χ4v) is 3.73. The molecular formula is C18H27N5O2. The molecule has 1 amide bonds. The number of hydrogen-bond acceptors (Lipinski definition) is 5. The van der Waals surface area contributed by atoms with Crippen molar-refractivity contribution in [3.8, 4) is 0 Å². The largest absolute Gasteiger partial charge is 0.361 e. The van der Waals surface area contributed by atoms with Crippen molar-refractivity contribution in [2.45, 2.75) is 59.9 Å². The Kier molecular flexibility index (Phi) is 4.92. The van der Waals surface area contributed by atoms with Crippen molar-refractivity contribution in [3.05, 3.63) is 28.7 Å². The van der Waals surface area contributed by atoms with E-state index in [-0.39, 0.29) is 17.9 Å². The summed E-state index contributed by atoms with van der Waals surface area (Å²) >= 11 is 0. The van der Waals surface area contributed by atoms with Gasteiger partial charge in [-0.2, -0.15) is 5.10 Å². The second-order valence-electron chi connectivity index (χ2n) is 7.14. The maximum Gasteiger partial charge on any atom is 0.225 e. The molecule has 136 valence electrons. The number of rotatable bonds is 4. The summed E-state index contributed by atoms with van der Waals surface area (Å²) in [6.07, 6.45) is 2.70. The van der Waals surface area contributed by atoms with Gasteiger partial charge in [-0.05, 0) is 47.0 Å². The van der Waals surface area contributed by atoms with Crippen LogP contribution in [0.15, 0.2) is 4.52 Å². The molecule has 25 heavy (non-hydrogen) atoms. The first-order chi connectivity index (χ1) is 11.9. The summed E-state index contributed by atoms with van der Waals surface area (Å²) in [6.45, 7) is 11.2. The molecule has 0 bridgehead atoms. The summed E-state index contributed by atoms with van der Waals surface area (Å²) in [4.78, 5) is 19.3. The van der Waals surface area contributed by atoms with Gasteiger partial charge in [0.25, 0.3) is 0 Å². The lowest BCUT2D eigenvalue weighted by Gasteiger charge is -2.34. The van der Waals surface area contributed by atoms with E-state index < -0.39 is 0 Å². The van der Waals surface area contributed by atoms with Gasteiger partial charge in [0.2, 0.25) is 5.91 Å². The molecule has 2 aromatic heterocycles. The lowest BCUT2D eigenvalue weighted by atomic mass is 9.97. The van der Waals surface area contributed by atoms with Gasteiger partial charge < -0.3 is 9.42 Å². The van der Waals surface area contributed by atoms with Gasteiger partial charge in [-0.3, -0.25) is 4.79 Å². The van der Waals surface area contributed by atoms with Crippen molar-refractivity contribution >= 4 is 5.91 Å². The van der Waals surface area contributed by atoms with Gasteiger partial charge in [-0.1, -0.05) is 12.1 Å². The van der Waals surface area contributed by atoms with E-state index >= 15 is 0 Å². The lowest BCUT2D eigenvalue weighted by Crippen LogP contribution is -2.43. The summed E-state index contributed by atoms with van der Waals surface area (Å²) in [5.41, 5.74) is 1.93. The molecule has 0 aliphatic carbocycles. The minimum Gasteiger partial charge on any atom is -0.361 e. The maximum absolute atomic E-state index is 12.9.